The first-order valence-electron chi connectivity index (χ1n) is 12.5. The van der Waals surface area contributed by atoms with Gasteiger partial charge >= 0.3 is 0 Å². The summed E-state index contributed by atoms with van der Waals surface area (Å²) in [6.07, 6.45) is 2.08. The summed E-state index contributed by atoms with van der Waals surface area (Å²) in [6, 6.07) is 6.86. The summed E-state index contributed by atoms with van der Waals surface area (Å²) in [5.74, 6) is -0.0220. The van der Waals surface area contributed by atoms with Gasteiger partial charge in [-0.2, -0.15) is 14.6 Å². The van der Waals surface area contributed by atoms with Gasteiger partial charge in [-0.1, -0.05) is 6.07 Å². The number of halogens is 1. The molecule has 6 rings (SSSR count). The minimum Gasteiger partial charge on any atom is -0.473 e. The van der Waals surface area contributed by atoms with Gasteiger partial charge in [0.2, 0.25) is 5.88 Å². The van der Waals surface area contributed by atoms with Crippen molar-refractivity contribution in [2.24, 2.45) is 0 Å². The number of rotatable bonds is 3. The van der Waals surface area contributed by atoms with Gasteiger partial charge in [-0.05, 0) is 44.5 Å². The van der Waals surface area contributed by atoms with E-state index in [1.807, 2.05) is 32.0 Å². The molecule has 12 nitrogen and oxygen atoms in total. The van der Waals surface area contributed by atoms with Crippen molar-refractivity contribution >= 4 is 34.2 Å². The van der Waals surface area contributed by atoms with Gasteiger partial charge in [0.15, 0.2) is 5.65 Å². The summed E-state index contributed by atoms with van der Waals surface area (Å²) in [7, 11) is 0. The molecule has 1 aliphatic rings. The normalized spacial score (nSPS) is 17.5. The summed E-state index contributed by atoms with van der Waals surface area (Å²) < 4.78 is 27.2. The van der Waals surface area contributed by atoms with Crippen molar-refractivity contribution in [3.05, 3.63) is 53.6 Å². The lowest BCUT2D eigenvalue weighted by molar-refractivity contribution is 0.0932. The number of benzene rings is 1. The minimum absolute atomic E-state index is 0.185. The number of anilines is 2. The molecule has 1 amide bonds. The van der Waals surface area contributed by atoms with Crippen molar-refractivity contribution in [1.29, 1.82) is 0 Å². The lowest BCUT2D eigenvalue weighted by atomic mass is 10.0. The summed E-state index contributed by atoms with van der Waals surface area (Å²) >= 11 is 0. The van der Waals surface area contributed by atoms with Gasteiger partial charge in [0, 0.05) is 5.56 Å². The Morgan fingerprint density at radius 3 is 2.90 bits per heavy atom. The fourth-order valence-electron chi connectivity index (χ4n) is 4.60. The van der Waals surface area contributed by atoms with E-state index < -0.39 is 18.0 Å². The van der Waals surface area contributed by atoms with Crippen LogP contribution in [-0.4, -0.2) is 54.7 Å². The maximum Gasteiger partial charge on any atom is 0.294 e. The Bertz CT molecular complexity index is 1730. The highest BCUT2D eigenvalue weighted by molar-refractivity contribution is 6.01. The topological polar surface area (TPSA) is 157 Å². The van der Waals surface area contributed by atoms with Crippen LogP contribution in [0.5, 0.6) is 11.9 Å². The molecule has 0 aliphatic carbocycles. The molecule has 2 atom stereocenters. The third kappa shape index (κ3) is 4.31. The Hall–Kier alpha value is -4.94. The van der Waals surface area contributed by atoms with Crippen LogP contribution in [0.15, 0.2) is 36.7 Å². The van der Waals surface area contributed by atoms with Gasteiger partial charge in [0.05, 0.1) is 48.2 Å². The van der Waals surface area contributed by atoms with E-state index >= 15 is 0 Å². The van der Waals surface area contributed by atoms with E-state index in [4.69, 9.17) is 20.2 Å². The number of nitrogen functional groups attached to an aromatic ring is 1. The van der Waals surface area contributed by atoms with Crippen LogP contribution in [0.2, 0.25) is 0 Å². The number of nitrogens with one attached hydrogen (secondary N) is 3. The molecule has 0 radical (unpaired) electrons. The highest BCUT2D eigenvalue weighted by atomic mass is 19.1. The second-order valence-electron chi connectivity index (χ2n) is 9.27. The van der Waals surface area contributed by atoms with Crippen LogP contribution in [0, 0.1) is 5.82 Å². The van der Waals surface area contributed by atoms with E-state index in [0.717, 1.165) is 11.7 Å². The number of hydrogen-bond acceptors (Lipinski definition) is 9. The third-order valence-electron chi connectivity index (χ3n) is 6.49. The number of imidazole rings is 1. The van der Waals surface area contributed by atoms with Gasteiger partial charge in [0.25, 0.3) is 11.9 Å². The fourth-order valence-corrected chi connectivity index (χ4v) is 4.60. The summed E-state index contributed by atoms with van der Waals surface area (Å²) in [5, 5.41) is 10.5. The second-order valence-corrected chi connectivity index (χ2v) is 9.27. The zero-order valence-corrected chi connectivity index (χ0v) is 21.4. The molecule has 0 saturated heterocycles. The molecule has 5 N–H and O–H groups in total. The van der Waals surface area contributed by atoms with E-state index in [1.54, 1.807) is 6.92 Å². The van der Waals surface area contributed by atoms with Crippen LogP contribution in [0.1, 0.15) is 42.7 Å². The first-order chi connectivity index (χ1) is 18.8. The average molecular weight is 532 g/mol. The average Bonchev–Trinajstić information content (AvgIpc) is 3.52. The number of fused-ring (bicyclic) bond motifs is 3. The van der Waals surface area contributed by atoms with E-state index in [1.165, 1.54) is 16.8 Å². The van der Waals surface area contributed by atoms with Gasteiger partial charge in [-0.25, -0.2) is 14.4 Å². The molecule has 5 aromatic rings. The maximum atomic E-state index is 14.3. The third-order valence-corrected chi connectivity index (χ3v) is 6.49. The molecular weight excluding hydrogens is 505 g/mol. The van der Waals surface area contributed by atoms with Gasteiger partial charge in [0.1, 0.15) is 29.1 Å². The molecule has 0 saturated carbocycles. The highest BCUT2D eigenvalue weighted by Gasteiger charge is 2.25. The van der Waals surface area contributed by atoms with Crippen LogP contribution in [-0.2, 0) is 0 Å². The Morgan fingerprint density at radius 1 is 1.23 bits per heavy atom. The van der Waals surface area contributed by atoms with Gasteiger partial charge < -0.3 is 30.8 Å². The quantitative estimate of drug-likeness (QED) is 0.274. The van der Waals surface area contributed by atoms with Crippen molar-refractivity contribution < 1.29 is 18.7 Å². The number of nitrogens with two attached hydrogens (primary N) is 1. The molecule has 1 aliphatic heterocycles. The van der Waals surface area contributed by atoms with Crippen LogP contribution < -0.4 is 25.8 Å². The number of H-pyrrole nitrogens is 1. The molecule has 0 fully saturated rings. The van der Waals surface area contributed by atoms with Crippen LogP contribution in [0.25, 0.3) is 27.8 Å². The molecule has 1 aromatic carbocycles. The maximum absolute atomic E-state index is 14.3. The highest BCUT2D eigenvalue weighted by Crippen LogP contribution is 2.38. The predicted octanol–water partition coefficient (Wildman–Crippen LogP) is 3.47. The lowest BCUT2D eigenvalue weighted by Gasteiger charge is -2.22. The first-order valence-corrected chi connectivity index (χ1v) is 12.5. The van der Waals surface area contributed by atoms with E-state index in [2.05, 4.69) is 30.7 Å². The Morgan fingerprint density at radius 2 is 2.08 bits per heavy atom. The van der Waals surface area contributed by atoms with Crippen LogP contribution in [0.4, 0.5) is 16.0 Å². The van der Waals surface area contributed by atoms with Crippen molar-refractivity contribution in [1.82, 2.24) is 34.9 Å². The summed E-state index contributed by atoms with van der Waals surface area (Å²) in [6.45, 7) is 6.16. The zero-order chi connectivity index (χ0) is 27.3. The standard InChI is InChI=1S/C26H26FN9O3/c1-4-38-26-33-18-6-5-14(7-19(18)34-26)20-21(28)36-23-17(11-31-36)24(37)29-9-12(2)39-25-16(8-15(27)10-30-25)13(3)32-22(20)35-23/h5-8,10-13H,4,9,28H2,1-3H3,(H,29,37)(H,32,35)(H,33,34). The van der Waals surface area contributed by atoms with Crippen LogP contribution in [0.3, 0.4) is 0 Å². The largest absolute Gasteiger partial charge is 0.473 e. The predicted molar refractivity (Wildman–Crippen MR) is 142 cm³/mol. The number of carbonyl (C=O) groups is 1. The number of carbonyl (C=O) groups excluding carboxylic acids is 1. The smallest absolute Gasteiger partial charge is 0.294 e. The Balaban J connectivity index is 1.56. The van der Waals surface area contributed by atoms with Crippen molar-refractivity contribution in [3.8, 4) is 23.0 Å². The van der Waals surface area contributed by atoms with Crippen LogP contribution >= 0.6 is 0 Å². The number of aromatic nitrogens is 6. The molecular formula is C26H26FN9O3. The Kier molecular flexibility index (Phi) is 5.89. The number of amides is 1. The number of aromatic amines is 1. The molecule has 39 heavy (non-hydrogen) atoms. The van der Waals surface area contributed by atoms with Gasteiger partial charge in [-0.15, -0.1) is 0 Å². The molecule has 5 heterocycles. The monoisotopic (exact) mass is 531 g/mol. The van der Waals surface area contributed by atoms with Crippen molar-refractivity contribution in [2.75, 3.05) is 24.2 Å². The molecule has 0 spiro atoms. The number of pyridine rings is 1. The second kappa shape index (κ2) is 9.42. The number of hydrogen-bond donors (Lipinski definition) is 4. The molecule has 2 bridgehead atoms. The van der Waals surface area contributed by atoms with Crippen molar-refractivity contribution in [3.63, 3.8) is 0 Å². The van der Waals surface area contributed by atoms with Crippen molar-refractivity contribution in [2.45, 2.75) is 32.9 Å². The molecule has 4 aromatic heterocycles. The zero-order valence-electron chi connectivity index (χ0n) is 21.4. The van der Waals surface area contributed by atoms with E-state index in [0.29, 0.717) is 40.6 Å². The minimum atomic E-state index is -0.508. The SMILES string of the molecule is CCOc1nc2cc(-c3c4nc5c(cnn5c3N)C(=O)NCC(C)Oc3ncc(F)cc3C(C)N4)ccc2[nH]1. The molecule has 13 heteroatoms. The molecule has 200 valence electrons. The summed E-state index contributed by atoms with van der Waals surface area (Å²) in [5.41, 5.74) is 10.4. The Labute approximate surface area is 221 Å². The lowest BCUT2D eigenvalue weighted by Crippen LogP contribution is -2.34. The number of ether oxygens (including phenoxy) is 2. The summed E-state index contributed by atoms with van der Waals surface area (Å²) in [4.78, 5) is 29.6. The molecule has 2 unspecified atom stereocenters. The number of nitrogens with zero attached hydrogens (tertiary/aromatic N) is 5. The van der Waals surface area contributed by atoms with E-state index in [-0.39, 0.29) is 35.4 Å². The fraction of sp³-hybridized carbons (Fsp3) is 0.269. The van der Waals surface area contributed by atoms with E-state index in [9.17, 15) is 9.18 Å². The first kappa shape index (κ1) is 24.4. The van der Waals surface area contributed by atoms with Gasteiger partial charge in [-0.3, -0.25) is 4.79 Å².